The minimum Gasteiger partial charge on any atom is -0.468 e. The summed E-state index contributed by atoms with van der Waals surface area (Å²) >= 11 is 0. The van der Waals surface area contributed by atoms with Gasteiger partial charge in [0.05, 0.1) is 7.11 Å². The fraction of sp³-hybridized carbons (Fsp3) is 0.625. The van der Waals surface area contributed by atoms with Gasteiger partial charge in [-0.2, -0.15) is 0 Å². The van der Waals surface area contributed by atoms with E-state index in [1.165, 1.54) is 7.11 Å². The third kappa shape index (κ3) is 4.56. The van der Waals surface area contributed by atoms with Gasteiger partial charge in [-0.05, 0) is 19.8 Å². The van der Waals surface area contributed by atoms with Crippen molar-refractivity contribution in [1.29, 1.82) is 0 Å². The van der Waals surface area contributed by atoms with E-state index in [9.17, 15) is 4.79 Å². The van der Waals surface area contributed by atoms with Crippen molar-refractivity contribution in [3.05, 3.63) is 12.2 Å². The maximum Gasteiger partial charge on any atom is 0.322 e. The van der Waals surface area contributed by atoms with Crippen molar-refractivity contribution in [3.63, 3.8) is 0 Å². The molecule has 1 unspecified atom stereocenters. The fourth-order valence-electron chi connectivity index (χ4n) is 0.712. The number of hydrogen-bond acceptors (Lipinski definition) is 3. The van der Waals surface area contributed by atoms with E-state index in [2.05, 4.69) is 4.74 Å². The number of ether oxygens (including phenoxy) is 1. The van der Waals surface area contributed by atoms with Gasteiger partial charge >= 0.3 is 5.97 Å². The Morgan fingerprint density at radius 1 is 1.73 bits per heavy atom. The molecule has 0 fully saturated rings. The molecule has 0 aromatic rings. The van der Waals surface area contributed by atoms with Gasteiger partial charge in [0, 0.05) is 0 Å². The summed E-state index contributed by atoms with van der Waals surface area (Å²) < 4.78 is 4.45. The maximum atomic E-state index is 10.7. The number of carbonyl (C=O) groups is 1. The van der Waals surface area contributed by atoms with Crippen LogP contribution in [0, 0.1) is 0 Å². The first kappa shape index (κ1) is 10.2. The number of esters is 1. The Labute approximate surface area is 67.2 Å². The highest BCUT2D eigenvalue weighted by Crippen LogP contribution is 1.97. The normalized spacial score (nSPS) is 13.4. The Kier molecular flexibility index (Phi) is 5.47. The average Bonchev–Trinajstić information content (AvgIpc) is 2.03. The van der Waals surface area contributed by atoms with Crippen molar-refractivity contribution in [1.82, 2.24) is 0 Å². The van der Waals surface area contributed by atoms with Crippen LogP contribution in [0.15, 0.2) is 12.2 Å². The molecule has 0 aliphatic heterocycles. The predicted octanol–water partition coefficient (Wildman–Crippen LogP) is 0.843. The molecule has 0 spiro atoms. The summed E-state index contributed by atoms with van der Waals surface area (Å²) in [6, 6.07) is -0.476. The van der Waals surface area contributed by atoms with Crippen molar-refractivity contribution in [2.75, 3.05) is 7.11 Å². The summed E-state index contributed by atoms with van der Waals surface area (Å²) in [5.41, 5.74) is 5.46. The molecule has 0 amide bonds. The monoisotopic (exact) mass is 157 g/mol. The van der Waals surface area contributed by atoms with Crippen LogP contribution in [0.1, 0.15) is 19.8 Å². The van der Waals surface area contributed by atoms with Gasteiger partial charge in [0.15, 0.2) is 0 Å². The van der Waals surface area contributed by atoms with Gasteiger partial charge in [0.2, 0.25) is 0 Å². The minimum atomic E-state index is -0.476. The zero-order valence-corrected chi connectivity index (χ0v) is 7.04. The van der Waals surface area contributed by atoms with E-state index in [0.29, 0.717) is 6.42 Å². The number of carbonyl (C=O) groups excluding carboxylic acids is 1. The van der Waals surface area contributed by atoms with E-state index in [-0.39, 0.29) is 5.97 Å². The standard InChI is InChI=1S/C8H15NO2/c1-3-4-5-6-7(9)8(10)11-2/h3-4,7H,5-6,9H2,1-2H3. The first-order valence-corrected chi connectivity index (χ1v) is 3.67. The Balaban J connectivity index is 3.51. The summed E-state index contributed by atoms with van der Waals surface area (Å²) in [4.78, 5) is 10.7. The molecular formula is C8H15NO2. The topological polar surface area (TPSA) is 52.3 Å². The fourth-order valence-corrected chi connectivity index (χ4v) is 0.712. The van der Waals surface area contributed by atoms with E-state index >= 15 is 0 Å². The molecule has 0 rings (SSSR count). The van der Waals surface area contributed by atoms with E-state index in [0.717, 1.165) is 6.42 Å². The summed E-state index contributed by atoms with van der Waals surface area (Å²) in [7, 11) is 1.35. The SMILES string of the molecule is CC=CCCC(N)C(=O)OC. The zero-order valence-electron chi connectivity index (χ0n) is 7.04. The van der Waals surface area contributed by atoms with Crippen LogP contribution in [-0.4, -0.2) is 19.1 Å². The molecule has 0 aliphatic carbocycles. The van der Waals surface area contributed by atoms with Crippen molar-refractivity contribution in [2.24, 2.45) is 5.73 Å². The molecule has 64 valence electrons. The predicted molar refractivity (Wildman–Crippen MR) is 44.0 cm³/mol. The largest absolute Gasteiger partial charge is 0.468 e. The minimum absolute atomic E-state index is 0.338. The molecule has 1 atom stereocenters. The number of methoxy groups -OCH3 is 1. The Morgan fingerprint density at radius 3 is 2.82 bits per heavy atom. The molecule has 0 saturated heterocycles. The van der Waals surface area contributed by atoms with Gasteiger partial charge in [-0.15, -0.1) is 0 Å². The highest BCUT2D eigenvalue weighted by Gasteiger charge is 2.11. The van der Waals surface area contributed by atoms with Gasteiger partial charge in [0.1, 0.15) is 6.04 Å². The molecule has 0 aromatic carbocycles. The van der Waals surface area contributed by atoms with Crippen molar-refractivity contribution >= 4 is 5.97 Å². The second-order valence-electron chi connectivity index (χ2n) is 2.28. The molecular weight excluding hydrogens is 142 g/mol. The lowest BCUT2D eigenvalue weighted by atomic mass is 10.1. The second-order valence-corrected chi connectivity index (χ2v) is 2.28. The molecule has 0 saturated carbocycles. The summed E-state index contributed by atoms with van der Waals surface area (Å²) in [6.07, 6.45) is 5.39. The third-order valence-electron chi connectivity index (χ3n) is 1.38. The van der Waals surface area contributed by atoms with Gasteiger partial charge in [-0.25, -0.2) is 0 Å². The summed E-state index contributed by atoms with van der Waals surface area (Å²) in [5, 5.41) is 0. The third-order valence-corrected chi connectivity index (χ3v) is 1.38. The first-order valence-electron chi connectivity index (χ1n) is 3.67. The van der Waals surface area contributed by atoms with E-state index in [1.807, 2.05) is 19.1 Å². The van der Waals surface area contributed by atoms with E-state index < -0.39 is 6.04 Å². The van der Waals surface area contributed by atoms with Gasteiger partial charge in [0.25, 0.3) is 0 Å². The number of nitrogens with two attached hydrogens (primary N) is 1. The lowest BCUT2D eigenvalue weighted by Gasteiger charge is -2.05. The average molecular weight is 157 g/mol. The Morgan fingerprint density at radius 2 is 2.36 bits per heavy atom. The highest BCUT2D eigenvalue weighted by molar-refractivity contribution is 5.75. The van der Waals surface area contributed by atoms with E-state index in [4.69, 9.17) is 5.73 Å². The number of allylic oxidation sites excluding steroid dienone is 2. The van der Waals surface area contributed by atoms with Gasteiger partial charge < -0.3 is 10.5 Å². The Hall–Kier alpha value is -0.830. The van der Waals surface area contributed by atoms with Crippen molar-refractivity contribution in [2.45, 2.75) is 25.8 Å². The van der Waals surface area contributed by atoms with Crippen LogP contribution < -0.4 is 5.73 Å². The van der Waals surface area contributed by atoms with E-state index in [1.54, 1.807) is 0 Å². The number of rotatable bonds is 4. The smallest absolute Gasteiger partial charge is 0.322 e. The van der Waals surface area contributed by atoms with Crippen LogP contribution in [0.2, 0.25) is 0 Å². The molecule has 0 radical (unpaired) electrons. The quantitative estimate of drug-likeness (QED) is 0.486. The summed E-state index contributed by atoms with van der Waals surface area (Å²) in [5.74, 6) is -0.338. The highest BCUT2D eigenvalue weighted by atomic mass is 16.5. The van der Waals surface area contributed by atoms with Crippen molar-refractivity contribution < 1.29 is 9.53 Å². The van der Waals surface area contributed by atoms with Crippen LogP contribution in [0.3, 0.4) is 0 Å². The molecule has 0 aromatic heterocycles. The summed E-state index contributed by atoms with van der Waals surface area (Å²) in [6.45, 7) is 1.93. The zero-order chi connectivity index (χ0) is 8.69. The maximum absolute atomic E-state index is 10.7. The molecule has 0 aliphatic rings. The lowest BCUT2D eigenvalue weighted by molar-refractivity contribution is -0.142. The second kappa shape index (κ2) is 5.92. The molecule has 0 bridgehead atoms. The Bertz CT molecular complexity index is 143. The molecule has 3 nitrogen and oxygen atoms in total. The van der Waals surface area contributed by atoms with Gasteiger partial charge in [-0.3, -0.25) is 4.79 Å². The molecule has 11 heavy (non-hydrogen) atoms. The first-order chi connectivity index (χ1) is 5.22. The van der Waals surface area contributed by atoms with Crippen molar-refractivity contribution in [3.8, 4) is 0 Å². The number of hydrogen-bond donors (Lipinski definition) is 1. The van der Waals surface area contributed by atoms with Crippen LogP contribution in [0.25, 0.3) is 0 Å². The molecule has 3 heteroatoms. The van der Waals surface area contributed by atoms with Crippen LogP contribution in [0.4, 0.5) is 0 Å². The molecule has 0 heterocycles. The van der Waals surface area contributed by atoms with Gasteiger partial charge in [-0.1, -0.05) is 12.2 Å². The molecule has 2 N–H and O–H groups in total. The van der Waals surface area contributed by atoms with Crippen LogP contribution >= 0.6 is 0 Å². The van der Waals surface area contributed by atoms with Crippen LogP contribution in [-0.2, 0) is 9.53 Å². The lowest BCUT2D eigenvalue weighted by Crippen LogP contribution is -2.31. The van der Waals surface area contributed by atoms with Crippen LogP contribution in [0.5, 0.6) is 0 Å².